The van der Waals surface area contributed by atoms with Crippen LogP contribution in [0.15, 0.2) is 78.0 Å². The van der Waals surface area contributed by atoms with Crippen LogP contribution in [0.4, 0.5) is 10.1 Å². The Morgan fingerprint density at radius 1 is 1.00 bits per heavy atom. The summed E-state index contributed by atoms with van der Waals surface area (Å²) in [6.45, 7) is 3.65. The fourth-order valence-electron chi connectivity index (χ4n) is 4.54. The number of methoxy groups -OCH3 is 1. The van der Waals surface area contributed by atoms with Crippen molar-refractivity contribution in [2.75, 3.05) is 25.0 Å². The number of thioether (sulfide) groups is 1. The van der Waals surface area contributed by atoms with E-state index in [-0.39, 0.29) is 24.7 Å². The Balaban J connectivity index is 1.50. The number of nitrogens with zero attached hydrogens (tertiary/aromatic N) is 3. The molecule has 3 aromatic carbocycles. The van der Waals surface area contributed by atoms with Crippen LogP contribution in [-0.2, 0) is 16.1 Å². The number of nitrogens with one attached hydrogen (secondary N) is 1. The molecule has 0 saturated heterocycles. The highest BCUT2D eigenvalue weighted by Gasteiger charge is 2.33. The van der Waals surface area contributed by atoms with E-state index in [1.165, 1.54) is 11.0 Å². The molecule has 2 amide bonds. The zero-order chi connectivity index (χ0) is 29.6. The number of fused-ring (bicyclic) bond motifs is 1. The quantitative estimate of drug-likeness (QED) is 0.192. The Labute approximate surface area is 247 Å². The lowest BCUT2D eigenvalue weighted by molar-refractivity contribution is -0.137. The number of rotatable bonds is 10. The minimum Gasteiger partial charge on any atom is -0.497 e. The van der Waals surface area contributed by atoms with Crippen LogP contribution in [-0.4, -0.2) is 46.3 Å². The van der Waals surface area contributed by atoms with Crippen molar-refractivity contribution in [2.24, 2.45) is 0 Å². The summed E-state index contributed by atoms with van der Waals surface area (Å²) in [4.78, 5) is 38.1. The summed E-state index contributed by atoms with van der Waals surface area (Å²) in [5, 5.41) is 3.34. The highest BCUT2D eigenvalue weighted by Crippen LogP contribution is 2.35. The van der Waals surface area contributed by atoms with Gasteiger partial charge in [-0.1, -0.05) is 42.1 Å². The van der Waals surface area contributed by atoms with E-state index in [0.717, 1.165) is 23.1 Å². The molecule has 1 unspecified atom stereocenters. The molecular weight excluding hydrogens is 559 g/mol. The van der Waals surface area contributed by atoms with Gasteiger partial charge in [0, 0.05) is 35.2 Å². The maximum absolute atomic E-state index is 14.9. The van der Waals surface area contributed by atoms with Crippen molar-refractivity contribution in [2.45, 2.75) is 31.6 Å². The molecule has 1 aliphatic heterocycles. The van der Waals surface area contributed by atoms with Crippen molar-refractivity contribution in [3.05, 3.63) is 101 Å². The van der Waals surface area contributed by atoms with E-state index in [0.29, 0.717) is 33.7 Å². The summed E-state index contributed by atoms with van der Waals surface area (Å²) in [5.41, 5.74) is 2.80. The molecule has 0 bridgehead atoms. The predicted molar refractivity (Wildman–Crippen MR) is 156 cm³/mol. The standard InChI is InChI=1S/C31H29FN4O5S/c1-19-14-20(2)34-31(33-19)42-17-28(37)36(16-22-6-4-5-7-25(22)32)29(21-8-11-24(39-3)12-9-21)30(38)35-23-10-13-26-27(15-23)41-18-40-26/h4-15,29H,16-18H2,1-3H3,(H,35,38). The predicted octanol–water partition coefficient (Wildman–Crippen LogP) is 5.47. The number of aryl methyl sites for hydroxylation is 2. The smallest absolute Gasteiger partial charge is 0.251 e. The fourth-order valence-corrected chi connectivity index (χ4v) is 5.38. The maximum atomic E-state index is 14.9. The molecular formula is C31H29FN4O5S. The van der Waals surface area contributed by atoms with Crippen molar-refractivity contribution in [3.63, 3.8) is 0 Å². The third-order valence-electron chi connectivity index (χ3n) is 6.54. The average Bonchev–Trinajstić information content (AvgIpc) is 3.44. The van der Waals surface area contributed by atoms with Crippen LogP contribution in [0.25, 0.3) is 0 Å². The van der Waals surface area contributed by atoms with Gasteiger partial charge in [-0.15, -0.1) is 0 Å². The van der Waals surface area contributed by atoms with Gasteiger partial charge in [0.2, 0.25) is 12.7 Å². The fraction of sp³-hybridized carbons (Fsp3) is 0.226. The average molecular weight is 589 g/mol. The Bertz CT molecular complexity index is 1580. The normalized spacial score (nSPS) is 12.5. The van der Waals surface area contributed by atoms with Crippen LogP contribution in [0.5, 0.6) is 17.2 Å². The van der Waals surface area contributed by atoms with Gasteiger partial charge in [0.05, 0.1) is 12.9 Å². The van der Waals surface area contributed by atoms with Crippen LogP contribution in [0, 0.1) is 19.7 Å². The van der Waals surface area contributed by atoms with Gasteiger partial charge in [-0.3, -0.25) is 9.59 Å². The highest BCUT2D eigenvalue weighted by atomic mass is 32.2. The van der Waals surface area contributed by atoms with E-state index in [1.807, 2.05) is 19.9 Å². The van der Waals surface area contributed by atoms with E-state index in [9.17, 15) is 14.0 Å². The number of benzene rings is 3. The van der Waals surface area contributed by atoms with Crippen molar-refractivity contribution in [1.82, 2.24) is 14.9 Å². The molecule has 0 spiro atoms. The molecule has 5 rings (SSSR count). The van der Waals surface area contributed by atoms with Crippen molar-refractivity contribution >= 4 is 29.3 Å². The molecule has 216 valence electrons. The van der Waals surface area contributed by atoms with Gasteiger partial charge >= 0.3 is 0 Å². The van der Waals surface area contributed by atoms with E-state index < -0.39 is 23.7 Å². The van der Waals surface area contributed by atoms with Gasteiger partial charge in [-0.25, -0.2) is 14.4 Å². The monoisotopic (exact) mass is 588 g/mol. The largest absolute Gasteiger partial charge is 0.497 e. The second-order valence-electron chi connectivity index (χ2n) is 9.57. The van der Waals surface area contributed by atoms with E-state index >= 15 is 0 Å². The minimum absolute atomic E-state index is 0.0682. The zero-order valence-electron chi connectivity index (χ0n) is 23.3. The summed E-state index contributed by atoms with van der Waals surface area (Å²) < 4.78 is 31.0. The number of carbonyl (C=O) groups is 2. The second kappa shape index (κ2) is 12.9. The molecule has 1 atom stereocenters. The summed E-state index contributed by atoms with van der Waals surface area (Å²) in [6, 6.07) is 18.8. The third-order valence-corrected chi connectivity index (χ3v) is 7.37. The van der Waals surface area contributed by atoms with Gasteiger partial charge in [-0.2, -0.15) is 0 Å². The topological polar surface area (TPSA) is 103 Å². The molecule has 0 saturated carbocycles. The summed E-state index contributed by atoms with van der Waals surface area (Å²) >= 11 is 1.16. The molecule has 0 aliphatic carbocycles. The van der Waals surface area contributed by atoms with Gasteiger partial charge in [0.1, 0.15) is 17.6 Å². The van der Waals surface area contributed by atoms with Crippen LogP contribution < -0.4 is 19.5 Å². The lowest BCUT2D eigenvalue weighted by atomic mass is 10.0. The lowest BCUT2D eigenvalue weighted by Gasteiger charge is -2.31. The van der Waals surface area contributed by atoms with Crippen LogP contribution in [0.1, 0.15) is 28.6 Å². The van der Waals surface area contributed by atoms with Gasteiger partial charge in [-0.05, 0) is 55.8 Å². The molecule has 2 heterocycles. The summed E-state index contributed by atoms with van der Waals surface area (Å²) in [6.07, 6.45) is 0. The third kappa shape index (κ3) is 6.80. The Morgan fingerprint density at radius 2 is 1.71 bits per heavy atom. The molecule has 42 heavy (non-hydrogen) atoms. The van der Waals surface area contributed by atoms with Crippen LogP contribution in [0.3, 0.4) is 0 Å². The first-order valence-electron chi connectivity index (χ1n) is 13.1. The molecule has 9 nitrogen and oxygen atoms in total. The van der Waals surface area contributed by atoms with Crippen molar-refractivity contribution < 1.29 is 28.2 Å². The second-order valence-corrected chi connectivity index (χ2v) is 10.5. The first-order chi connectivity index (χ1) is 20.3. The molecule has 11 heteroatoms. The Kier molecular flexibility index (Phi) is 8.87. The van der Waals surface area contributed by atoms with E-state index in [1.54, 1.807) is 67.8 Å². The van der Waals surface area contributed by atoms with Crippen LogP contribution in [0.2, 0.25) is 0 Å². The number of halogens is 1. The number of ether oxygens (including phenoxy) is 3. The molecule has 0 radical (unpaired) electrons. The first-order valence-corrected chi connectivity index (χ1v) is 14.1. The van der Waals surface area contributed by atoms with E-state index in [4.69, 9.17) is 14.2 Å². The van der Waals surface area contributed by atoms with Gasteiger partial charge in [0.25, 0.3) is 5.91 Å². The Morgan fingerprint density at radius 3 is 2.43 bits per heavy atom. The molecule has 0 fully saturated rings. The maximum Gasteiger partial charge on any atom is 0.251 e. The highest BCUT2D eigenvalue weighted by molar-refractivity contribution is 7.99. The summed E-state index contributed by atoms with van der Waals surface area (Å²) in [5.74, 6) is 0.221. The number of amides is 2. The summed E-state index contributed by atoms with van der Waals surface area (Å²) in [7, 11) is 1.54. The first kappa shape index (κ1) is 28.9. The number of anilines is 1. The molecule has 4 aromatic rings. The van der Waals surface area contributed by atoms with Crippen LogP contribution >= 0.6 is 11.8 Å². The number of carbonyl (C=O) groups excluding carboxylic acids is 2. The van der Waals surface area contributed by atoms with Crippen molar-refractivity contribution in [1.29, 1.82) is 0 Å². The molecule has 1 N–H and O–H groups in total. The van der Waals surface area contributed by atoms with E-state index in [2.05, 4.69) is 15.3 Å². The Hall–Kier alpha value is -4.64. The molecule has 1 aromatic heterocycles. The van der Waals surface area contributed by atoms with Gasteiger partial charge < -0.3 is 24.4 Å². The minimum atomic E-state index is -1.12. The number of hydrogen-bond donors (Lipinski definition) is 1. The lowest BCUT2D eigenvalue weighted by Crippen LogP contribution is -2.42. The SMILES string of the molecule is COc1ccc(C(C(=O)Nc2ccc3c(c2)OCO3)N(Cc2ccccc2F)C(=O)CSc2nc(C)cc(C)n2)cc1. The molecule has 1 aliphatic rings. The van der Waals surface area contributed by atoms with Crippen molar-refractivity contribution in [3.8, 4) is 17.2 Å². The van der Waals surface area contributed by atoms with Gasteiger partial charge in [0.15, 0.2) is 16.7 Å². The zero-order valence-corrected chi connectivity index (χ0v) is 24.1. The number of aromatic nitrogens is 2. The number of hydrogen-bond acceptors (Lipinski definition) is 8.